The van der Waals surface area contributed by atoms with Gasteiger partial charge in [0.2, 0.25) is 11.8 Å². The molecule has 1 aliphatic rings. The SMILES string of the molecule is Cc1cc(OCCC(C)(C)O)nc(C)c1-c1cccc(COc2ccc(C3CC(=O)NS(=O)(=O)N3)cc2)c1. The predicted molar refractivity (Wildman–Crippen MR) is 144 cm³/mol. The zero-order valence-corrected chi connectivity index (χ0v) is 22.8. The van der Waals surface area contributed by atoms with Gasteiger partial charge in [-0.15, -0.1) is 0 Å². The van der Waals surface area contributed by atoms with Crippen molar-refractivity contribution in [3.05, 3.63) is 77.0 Å². The molecule has 0 radical (unpaired) electrons. The normalized spacial score (nSPS) is 17.1. The molecule has 4 rings (SSSR count). The van der Waals surface area contributed by atoms with Crippen LogP contribution in [0.15, 0.2) is 54.6 Å². The number of aryl methyl sites for hydroxylation is 2. The molecule has 2 heterocycles. The van der Waals surface area contributed by atoms with E-state index in [2.05, 4.69) is 15.8 Å². The van der Waals surface area contributed by atoms with Gasteiger partial charge in [0.25, 0.3) is 0 Å². The Hall–Kier alpha value is -3.47. The molecule has 1 atom stereocenters. The fourth-order valence-electron chi connectivity index (χ4n) is 4.31. The quantitative estimate of drug-likeness (QED) is 0.377. The fraction of sp³-hybridized carbons (Fsp3) is 0.357. The smallest absolute Gasteiger partial charge is 0.301 e. The van der Waals surface area contributed by atoms with Crippen LogP contribution in [0, 0.1) is 13.8 Å². The molecule has 1 saturated heterocycles. The highest BCUT2D eigenvalue weighted by atomic mass is 32.2. The molecule has 0 spiro atoms. The van der Waals surface area contributed by atoms with Gasteiger partial charge in [0, 0.05) is 30.2 Å². The molecule has 1 amide bonds. The number of carbonyl (C=O) groups is 1. The third kappa shape index (κ3) is 7.31. The molecule has 10 heteroatoms. The van der Waals surface area contributed by atoms with Crippen molar-refractivity contribution < 1.29 is 27.8 Å². The highest BCUT2D eigenvalue weighted by Crippen LogP contribution is 2.30. The second-order valence-electron chi connectivity index (χ2n) is 10.1. The highest BCUT2D eigenvalue weighted by Gasteiger charge is 2.29. The minimum absolute atomic E-state index is 0.0356. The molecule has 1 fully saturated rings. The Balaban J connectivity index is 1.41. The van der Waals surface area contributed by atoms with Gasteiger partial charge in [0.05, 0.1) is 18.2 Å². The number of ether oxygens (including phenoxy) is 2. The molecule has 0 bridgehead atoms. The number of benzene rings is 2. The van der Waals surface area contributed by atoms with Gasteiger partial charge in [-0.1, -0.05) is 30.3 Å². The molecule has 3 aromatic rings. The van der Waals surface area contributed by atoms with Gasteiger partial charge in [0.15, 0.2) is 0 Å². The molecule has 2 aromatic carbocycles. The van der Waals surface area contributed by atoms with Crippen molar-refractivity contribution >= 4 is 16.1 Å². The van der Waals surface area contributed by atoms with Crippen molar-refractivity contribution in [1.82, 2.24) is 14.4 Å². The van der Waals surface area contributed by atoms with Crippen molar-refractivity contribution in [3.8, 4) is 22.8 Å². The molecule has 1 unspecified atom stereocenters. The first-order valence-electron chi connectivity index (χ1n) is 12.4. The molecule has 1 aliphatic heterocycles. The van der Waals surface area contributed by atoms with E-state index in [-0.39, 0.29) is 6.42 Å². The third-order valence-corrected chi connectivity index (χ3v) is 7.27. The first-order chi connectivity index (χ1) is 17.9. The van der Waals surface area contributed by atoms with Gasteiger partial charge in [-0.05, 0) is 68.1 Å². The third-order valence-electron chi connectivity index (χ3n) is 6.18. The van der Waals surface area contributed by atoms with E-state index in [0.29, 0.717) is 36.8 Å². The highest BCUT2D eigenvalue weighted by molar-refractivity contribution is 7.88. The van der Waals surface area contributed by atoms with Crippen LogP contribution in [-0.2, 0) is 21.6 Å². The molecule has 38 heavy (non-hydrogen) atoms. The van der Waals surface area contributed by atoms with Gasteiger partial charge in [-0.2, -0.15) is 13.1 Å². The van der Waals surface area contributed by atoms with Crippen LogP contribution in [0.25, 0.3) is 11.1 Å². The Labute approximate surface area is 223 Å². The first-order valence-corrected chi connectivity index (χ1v) is 13.9. The number of rotatable bonds is 9. The summed E-state index contributed by atoms with van der Waals surface area (Å²) in [5, 5.41) is 9.89. The lowest BCUT2D eigenvalue weighted by atomic mass is 9.98. The number of carbonyl (C=O) groups excluding carboxylic acids is 1. The van der Waals surface area contributed by atoms with Crippen molar-refractivity contribution in [2.45, 2.75) is 58.8 Å². The molecule has 1 aromatic heterocycles. The summed E-state index contributed by atoms with van der Waals surface area (Å²) < 4.78 is 39.6. The van der Waals surface area contributed by atoms with Crippen LogP contribution >= 0.6 is 0 Å². The zero-order valence-electron chi connectivity index (χ0n) is 21.9. The summed E-state index contributed by atoms with van der Waals surface area (Å²) in [6.07, 6.45) is 0.545. The Morgan fingerprint density at radius 1 is 1.08 bits per heavy atom. The van der Waals surface area contributed by atoms with E-state index in [9.17, 15) is 18.3 Å². The summed E-state index contributed by atoms with van der Waals surface area (Å²) in [5.74, 6) is 0.629. The van der Waals surface area contributed by atoms with Crippen molar-refractivity contribution in [1.29, 1.82) is 0 Å². The van der Waals surface area contributed by atoms with E-state index >= 15 is 0 Å². The van der Waals surface area contributed by atoms with E-state index in [1.807, 2.05) is 42.8 Å². The molecular weight excluding hydrogens is 506 g/mol. The van der Waals surface area contributed by atoms with Crippen LogP contribution in [0.5, 0.6) is 11.6 Å². The maximum Gasteiger partial charge on any atom is 0.301 e. The predicted octanol–water partition coefficient (Wildman–Crippen LogP) is 3.88. The van der Waals surface area contributed by atoms with Crippen LogP contribution in [0.2, 0.25) is 0 Å². The standard InChI is InChI=1S/C28H33N3O6S/c1-18-14-26(36-13-12-28(3,4)33)29-19(2)27(18)22-7-5-6-20(15-22)17-37-23-10-8-21(9-11-23)24-16-25(32)31-38(34,35)30-24/h5-11,14-15,24,30,33H,12-13,16-17H2,1-4H3,(H,31,32). The first kappa shape index (κ1) is 27.6. The zero-order chi connectivity index (χ0) is 27.5. The Bertz CT molecular complexity index is 1390. The van der Waals surface area contributed by atoms with Gasteiger partial charge in [0.1, 0.15) is 12.4 Å². The summed E-state index contributed by atoms with van der Waals surface area (Å²) >= 11 is 0. The lowest BCUT2D eigenvalue weighted by Crippen LogP contribution is -2.48. The van der Waals surface area contributed by atoms with Crippen molar-refractivity contribution in [2.75, 3.05) is 6.61 Å². The van der Waals surface area contributed by atoms with Gasteiger partial charge < -0.3 is 14.6 Å². The molecule has 9 nitrogen and oxygen atoms in total. The number of nitrogens with one attached hydrogen (secondary N) is 2. The summed E-state index contributed by atoms with van der Waals surface area (Å²) in [6, 6.07) is 16.4. The Morgan fingerprint density at radius 3 is 2.47 bits per heavy atom. The average Bonchev–Trinajstić information content (AvgIpc) is 2.81. The summed E-state index contributed by atoms with van der Waals surface area (Å²) in [5.41, 5.74) is 4.82. The van der Waals surface area contributed by atoms with Gasteiger partial charge in [-0.3, -0.25) is 4.79 Å². The monoisotopic (exact) mass is 539 g/mol. The Kier molecular flexibility index (Phi) is 8.05. The molecule has 0 aliphatic carbocycles. The van der Waals surface area contributed by atoms with Crippen LogP contribution in [-0.4, -0.2) is 36.6 Å². The number of pyridine rings is 1. The van der Waals surface area contributed by atoms with Crippen molar-refractivity contribution in [2.24, 2.45) is 0 Å². The van der Waals surface area contributed by atoms with E-state index in [0.717, 1.165) is 27.9 Å². The lowest BCUT2D eigenvalue weighted by Gasteiger charge is -2.23. The topological polar surface area (TPSA) is 127 Å². The number of nitrogens with zero attached hydrogens (tertiary/aromatic N) is 1. The second kappa shape index (κ2) is 11.1. The van der Waals surface area contributed by atoms with E-state index < -0.39 is 27.8 Å². The molecular formula is C28H33N3O6S. The minimum atomic E-state index is -3.83. The molecule has 0 saturated carbocycles. The maximum absolute atomic E-state index is 11.7. The van der Waals surface area contributed by atoms with E-state index in [4.69, 9.17) is 9.47 Å². The largest absolute Gasteiger partial charge is 0.489 e. The van der Waals surface area contributed by atoms with Crippen LogP contribution < -0.4 is 18.9 Å². The van der Waals surface area contributed by atoms with E-state index in [1.165, 1.54) is 0 Å². The minimum Gasteiger partial charge on any atom is -0.489 e. The average molecular weight is 540 g/mol. The number of aromatic nitrogens is 1. The summed E-state index contributed by atoms with van der Waals surface area (Å²) in [4.78, 5) is 16.3. The second-order valence-corrected chi connectivity index (χ2v) is 11.6. The van der Waals surface area contributed by atoms with Crippen LogP contribution in [0.4, 0.5) is 0 Å². The summed E-state index contributed by atoms with van der Waals surface area (Å²) in [6.45, 7) is 8.20. The molecule has 3 N–H and O–H groups in total. The lowest BCUT2D eigenvalue weighted by molar-refractivity contribution is -0.120. The van der Waals surface area contributed by atoms with Gasteiger partial charge >= 0.3 is 10.2 Å². The van der Waals surface area contributed by atoms with Gasteiger partial charge in [-0.25, -0.2) is 9.71 Å². The van der Waals surface area contributed by atoms with Crippen LogP contribution in [0.1, 0.15) is 55.1 Å². The van der Waals surface area contributed by atoms with Crippen LogP contribution in [0.3, 0.4) is 0 Å². The van der Waals surface area contributed by atoms with E-state index in [1.54, 1.807) is 38.1 Å². The number of hydrogen-bond acceptors (Lipinski definition) is 7. The number of aliphatic hydroxyl groups is 1. The summed E-state index contributed by atoms with van der Waals surface area (Å²) in [7, 11) is -3.83. The fourth-order valence-corrected chi connectivity index (χ4v) is 5.35. The molecule has 202 valence electrons. The Morgan fingerprint density at radius 2 is 1.82 bits per heavy atom. The maximum atomic E-state index is 11.7. The number of amides is 1. The van der Waals surface area contributed by atoms with Crippen molar-refractivity contribution in [3.63, 3.8) is 0 Å². The number of hydrogen-bond donors (Lipinski definition) is 3.